The van der Waals surface area contributed by atoms with E-state index in [0.29, 0.717) is 5.69 Å². The van der Waals surface area contributed by atoms with Crippen LogP contribution in [0.4, 0.5) is 10.8 Å². The number of nitrogens with one attached hydrogen (secondary N) is 1. The van der Waals surface area contributed by atoms with Crippen LogP contribution in [0.3, 0.4) is 0 Å². The number of thiazole rings is 1. The van der Waals surface area contributed by atoms with Gasteiger partial charge in [0, 0.05) is 29.7 Å². The van der Waals surface area contributed by atoms with Gasteiger partial charge in [-0.15, -0.1) is 11.3 Å². The van der Waals surface area contributed by atoms with Crippen LogP contribution in [0.5, 0.6) is 0 Å². The summed E-state index contributed by atoms with van der Waals surface area (Å²) in [5.74, 6) is -0.430. The fourth-order valence-electron chi connectivity index (χ4n) is 2.37. The Morgan fingerprint density at radius 1 is 1.23 bits per heavy atom. The zero-order valence-corrected chi connectivity index (χ0v) is 14.1. The second-order valence-corrected chi connectivity index (χ2v) is 7.01. The molecule has 0 atom stereocenters. The quantitative estimate of drug-likeness (QED) is 0.837. The first-order valence-corrected chi connectivity index (χ1v) is 8.78. The third-order valence-electron chi connectivity index (χ3n) is 3.52. The maximum Gasteiger partial charge on any atom is 0.257 e. The maximum atomic E-state index is 11.4. The number of carbonyl (C=O) groups is 1. The van der Waals surface area contributed by atoms with E-state index in [-0.39, 0.29) is 0 Å². The van der Waals surface area contributed by atoms with Gasteiger partial charge in [-0.1, -0.05) is 35.3 Å². The molecule has 4 nitrogen and oxygen atoms in total. The molecule has 1 fully saturated rings. The van der Waals surface area contributed by atoms with Crippen LogP contribution < -0.4 is 10.2 Å². The van der Waals surface area contributed by atoms with Crippen molar-refractivity contribution in [2.75, 3.05) is 23.3 Å². The minimum Gasteiger partial charge on any atom is -0.348 e. The van der Waals surface area contributed by atoms with Crippen LogP contribution in [0.15, 0.2) is 29.6 Å². The Kier molecular flexibility index (Phi) is 4.86. The van der Waals surface area contributed by atoms with Crippen molar-refractivity contribution in [3.05, 3.63) is 29.6 Å². The molecule has 2 aromatic rings. The summed E-state index contributed by atoms with van der Waals surface area (Å²) in [7, 11) is 0. The summed E-state index contributed by atoms with van der Waals surface area (Å²) >= 11 is 12.7. The van der Waals surface area contributed by atoms with E-state index in [4.69, 9.17) is 28.2 Å². The molecule has 0 bridgehead atoms. The lowest BCUT2D eigenvalue weighted by Gasteiger charge is -2.12. The fraction of sp³-hybridized carbons (Fsp3) is 0.333. The van der Waals surface area contributed by atoms with Gasteiger partial charge >= 0.3 is 0 Å². The molecule has 0 unspecified atom stereocenters. The molecule has 2 heterocycles. The van der Waals surface area contributed by atoms with Crippen LogP contribution in [-0.2, 0) is 4.79 Å². The molecule has 1 amide bonds. The topological polar surface area (TPSA) is 45.2 Å². The Balaban J connectivity index is 1.71. The third-order valence-corrected chi connectivity index (χ3v) is 4.81. The number of rotatable bonds is 4. The van der Waals surface area contributed by atoms with E-state index in [2.05, 4.69) is 15.6 Å². The Bertz CT molecular complexity index is 651. The SMILES string of the molecule is O=C(Nc1ccc(-c2csc(N3CCCC3)n2)cc1)C(Cl)Cl. The van der Waals surface area contributed by atoms with Crippen molar-refractivity contribution in [2.24, 2.45) is 0 Å². The first kappa shape index (κ1) is 15.6. The molecule has 3 rings (SSSR count). The zero-order valence-electron chi connectivity index (χ0n) is 11.8. The predicted octanol–water partition coefficient (Wildman–Crippen LogP) is 4.15. The lowest BCUT2D eigenvalue weighted by Crippen LogP contribution is -2.18. The Morgan fingerprint density at radius 3 is 2.55 bits per heavy atom. The average Bonchev–Trinajstić information content (AvgIpc) is 3.19. The lowest BCUT2D eigenvalue weighted by atomic mass is 10.1. The average molecular weight is 356 g/mol. The van der Waals surface area contributed by atoms with Crippen LogP contribution in [0, 0.1) is 0 Å². The minimum absolute atomic E-state index is 0.430. The van der Waals surface area contributed by atoms with Crippen molar-refractivity contribution in [1.82, 2.24) is 4.98 Å². The molecule has 0 spiro atoms. The molecule has 1 saturated heterocycles. The number of benzene rings is 1. The van der Waals surface area contributed by atoms with Crippen LogP contribution in [0.2, 0.25) is 0 Å². The zero-order chi connectivity index (χ0) is 15.5. The monoisotopic (exact) mass is 355 g/mol. The van der Waals surface area contributed by atoms with Crippen molar-refractivity contribution in [1.29, 1.82) is 0 Å². The van der Waals surface area contributed by atoms with Gasteiger partial charge in [-0.05, 0) is 25.0 Å². The van der Waals surface area contributed by atoms with E-state index in [9.17, 15) is 4.79 Å². The van der Waals surface area contributed by atoms with Gasteiger partial charge in [-0.3, -0.25) is 4.79 Å². The van der Waals surface area contributed by atoms with Crippen molar-refractivity contribution in [3.8, 4) is 11.3 Å². The summed E-state index contributed by atoms with van der Waals surface area (Å²) in [6, 6.07) is 7.49. The molecule has 1 aromatic carbocycles. The van der Waals surface area contributed by atoms with Crippen molar-refractivity contribution in [2.45, 2.75) is 17.7 Å². The van der Waals surface area contributed by atoms with Gasteiger partial charge in [0.05, 0.1) is 5.69 Å². The first-order chi connectivity index (χ1) is 10.6. The van der Waals surface area contributed by atoms with E-state index in [1.165, 1.54) is 12.8 Å². The number of carbonyl (C=O) groups excluding carboxylic acids is 1. The minimum atomic E-state index is -1.07. The van der Waals surface area contributed by atoms with E-state index >= 15 is 0 Å². The van der Waals surface area contributed by atoms with Crippen molar-refractivity contribution in [3.63, 3.8) is 0 Å². The second kappa shape index (κ2) is 6.86. The summed E-state index contributed by atoms with van der Waals surface area (Å²) in [6.07, 6.45) is 2.48. The summed E-state index contributed by atoms with van der Waals surface area (Å²) in [5, 5.41) is 5.79. The van der Waals surface area contributed by atoms with Gasteiger partial charge in [0.1, 0.15) is 0 Å². The van der Waals surface area contributed by atoms with Crippen LogP contribution in [-0.4, -0.2) is 28.8 Å². The second-order valence-electron chi connectivity index (χ2n) is 5.08. The van der Waals surface area contributed by atoms with Crippen molar-refractivity contribution < 1.29 is 4.79 Å². The number of amides is 1. The largest absolute Gasteiger partial charge is 0.348 e. The Labute approximate surface area is 143 Å². The van der Waals surface area contributed by atoms with Crippen LogP contribution >= 0.6 is 34.5 Å². The molecule has 7 heteroatoms. The van der Waals surface area contributed by atoms with E-state index in [0.717, 1.165) is 29.5 Å². The van der Waals surface area contributed by atoms with Crippen LogP contribution in [0.25, 0.3) is 11.3 Å². The van der Waals surface area contributed by atoms with Gasteiger partial charge in [0.2, 0.25) is 0 Å². The number of aromatic nitrogens is 1. The standard InChI is InChI=1S/C15H15Cl2N3OS/c16-13(17)14(21)18-11-5-3-10(4-6-11)12-9-22-15(19-12)20-7-1-2-8-20/h3-6,9,13H,1-2,7-8H2,(H,18,21). The number of hydrogen-bond donors (Lipinski definition) is 1. The molecule has 22 heavy (non-hydrogen) atoms. The van der Waals surface area contributed by atoms with Gasteiger partial charge in [0.25, 0.3) is 5.91 Å². The highest BCUT2D eigenvalue weighted by atomic mass is 35.5. The highest BCUT2D eigenvalue weighted by Gasteiger charge is 2.16. The summed E-state index contributed by atoms with van der Waals surface area (Å²) < 4.78 is 0. The summed E-state index contributed by atoms with van der Waals surface area (Å²) in [6.45, 7) is 2.19. The van der Waals surface area contributed by atoms with Crippen molar-refractivity contribution >= 4 is 51.3 Å². The predicted molar refractivity (Wildman–Crippen MR) is 93.1 cm³/mol. The molecular weight excluding hydrogens is 341 g/mol. The molecule has 1 aliphatic rings. The molecule has 1 aromatic heterocycles. The molecule has 0 radical (unpaired) electrons. The number of hydrogen-bond acceptors (Lipinski definition) is 4. The van der Waals surface area contributed by atoms with Gasteiger partial charge in [-0.25, -0.2) is 4.98 Å². The lowest BCUT2D eigenvalue weighted by molar-refractivity contribution is -0.114. The van der Waals surface area contributed by atoms with Crippen LogP contribution in [0.1, 0.15) is 12.8 Å². The van der Waals surface area contributed by atoms with Gasteiger partial charge in [-0.2, -0.15) is 0 Å². The summed E-state index contributed by atoms with van der Waals surface area (Å²) in [4.78, 5) is 17.4. The molecular formula is C15H15Cl2N3OS. The molecule has 0 aliphatic carbocycles. The molecule has 116 valence electrons. The maximum absolute atomic E-state index is 11.4. The van der Waals surface area contributed by atoms with E-state index < -0.39 is 10.7 Å². The van der Waals surface area contributed by atoms with E-state index in [1.54, 1.807) is 11.3 Å². The highest BCUT2D eigenvalue weighted by molar-refractivity contribution is 7.14. The Morgan fingerprint density at radius 2 is 1.91 bits per heavy atom. The Hall–Kier alpha value is -1.30. The molecule has 0 saturated carbocycles. The first-order valence-electron chi connectivity index (χ1n) is 7.03. The van der Waals surface area contributed by atoms with Gasteiger partial charge < -0.3 is 10.2 Å². The number of anilines is 2. The fourth-order valence-corrected chi connectivity index (χ4v) is 3.37. The third kappa shape index (κ3) is 3.54. The number of nitrogens with zero attached hydrogens (tertiary/aromatic N) is 2. The van der Waals surface area contributed by atoms with E-state index in [1.807, 2.05) is 24.3 Å². The number of halogens is 2. The number of alkyl halides is 2. The summed E-state index contributed by atoms with van der Waals surface area (Å²) in [5.41, 5.74) is 2.64. The normalized spacial score (nSPS) is 14.6. The smallest absolute Gasteiger partial charge is 0.257 e. The molecule has 1 N–H and O–H groups in total. The highest BCUT2D eigenvalue weighted by Crippen LogP contribution is 2.30. The van der Waals surface area contributed by atoms with Gasteiger partial charge in [0.15, 0.2) is 9.97 Å². The molecule has 1 aliphatic heterocycles.